The molecule has 12 heavy (non-hydrogen) atoms. The average Bonchev–Trinajstić information content (AvgIpc) is 2.51. The SMILES string of the molecule is COC(=O)[C@@H]1COC(C(C)C)=N1. The van der Waals surface area contributed by atoms with Gasteiger partial charge in [0.1, 0.15) is 6.61 Å². The molecule has 68 valence electrons. The van der Waals surface area contributed by atoms with E-state index in [0.29, 0.717) is 12.5 Å². The smallest absolute Gasteiger partial charge is 0.334 e. The summed E-state index contributed by atoms with van der Waals surface area (Å²) in [4.78, 5) is 15.1. The van der Waals surface area contributed by atoms with Crippen LogP contribution < -0.4 is 0 Å². The summed E-state index contributed by atoms with van der Waals surface area (Å²) in [6.45, 7) is 4.26. The van der Waals surface area contributed by atoms with Crippen LogP contribution in [0.2, 0.25) is 0 Å². The van der Waals surface area contributed by atoms with Crippen LogP contribution in [0.15, 0.2) is 4.99 Å². The molecule has 1 heterocycles. The molecule has 4 heteroatoms. The largest absolute Gasteiger partial charge is 0.478 e. The van der Waals surface area contributed by atoms with Crippen molar-refractivity contribution in [2.45, 2.75) is 19.9 Å². The second-order valence-electron chi connectivity index (χ2n) is 2.97. The Morgan fingerprint density at radius 1 is 1.75 bits per heavy atom. The number of hydrogen-bond donors (Lipinski definition) is 0. The molecule has 0 amide bonds. The van der Waals surface area contributed by atoms with Gasteiger partial charge in [-0.3, -0.25) is 0 Å². The summed E-state index contributed by atoms with van der Waals surface area (Å²) >= 11 is 0. The molecule has 4 nitrogen and oxygen atoms in total. The fourth-order valence-electron chi connectivity index (χ4n) is 0.965. The Morgan fingerprint density at radius 2 is 2.42 bits per heavy atom. The number of carbonyl (C=O) groups excluding carboxylic acids is 1. The lowest BCUT2D eigenvalue weighted by atomic mass is 10.2. The molecule has 0 bridgehead atoms. The van der Waals surface area contributed by atoms with Crippen LogP contribution >= 0.6 is 0 Å². The maximum absolute atomic E-state index is 11.0. The Balaban J connectivity index is 2.58. The molecule has 0 aromatic heterocycles. The molecule has 0 radical (unpaired) electrons. The molecular weight excluding hydrogens is 158 g/mol. The zero-order valence-corrected chi connectivity index (χ0v) is 7.53. The lowest BCUT2D eigenvalue weighted by Crippen LogP contribution is -2.21. The van der Waals surface area contributed by atoms with Crippen LogP contribution in [0.5, 0.6) is 0 Å². The summed E-state index contributed by atoms with van der Waals surface area (Å²) < 4.78 is 9.74. The van der Waals surface area contributed by atoms with Crippen LogP contribution in [0, 0.1) is 5.92 Å². The van der Waals surface area contributed by atoms with Crippen LogP contribution in [0.25, 0.3) is 0 Å². The van der Waals surface area contributed by atoms with Crippen molar-refractivity contribution in [3.05, 3.63) is 0 Å². The number of esters is 1. The Bertz CT molecular complexity index is 210. The lowest BCUT2D eigenvalue weighted by molar-refractivity contribution is -0.142. The summed E-state index contributed by atoms with van der Waals surface area (Å²) in [5.74, 6) is 0.552. The van der Waals surface area contributed by atoms with E-state index in [2.05, 4.69) is 9.73 Å². The van der Waals surface area contributed by atoms with E-state index in [1.807, 2.05) is 13.8 Å². The van der Waals surface area contributed by atoms with E-state index in [-0.39, 0.29) is 11.9 Å². The van der Waals surface area contributed by atoms with Crippen LogP contribution in [0.1, 0.15) is 13.8 Å². The molecule has 0 aromatic carbocycles. The topological polar surface area (TPSA) is 47.9 Å². The number of rotatable bonds is 2. The fraction of sp³-hybridized carbons (Fsp3) is 0.750. The number of ether oxygens (including phenoxy) is 2. The second kappa shape index (κ2) is 3.56. The zero-order valence-electron chi connectivity index (χ0n) is 7.53. The zero-order chi connectivity index (χ0) is 9.14. The van der Waals surface area contributed by atoms with E-state index >= 15 is 0 Å². The van der Waals surface area contributed by atoms with Crippen molar-refractivity contribution in [2.75, 3.05) is 13.7 Å². The van der Waals surface area contributed by atoms with Crippen molar-refractivity contribution in [2.24, 2.45) is 10.9 Å². The predicted molar refractivity (Wildman–Crippen MR) is 44.0 cm³/mol. The molecular formula is C8H13NO3. The average molecular weight is 171 g/mol. The Labute approximate surface area is 71.6 Å². The van der Waals surface area contributed by atoms with Gasteiger partial charge in [0.15, 0.2) is 11.9 Å². The fourth-order valence-corrected chi connectivity index (χ4v) is 0.965. The van der Waals surface area contributed by atoms with Crippen molar-refractivity contribution in [3.8, 4) is 0 Å². The first kappa shape index (κ1) is 9.03. The summed E-state index contributed by atoms with van der Waals surface area (Å²) in [5.41, 5.74) is 0. The molecule has 1 aliphatic heterocycles. The molecule has 0 aromatic rings. The maximum Gasteiger partial charge on any atom is 0.334 e. The predicted octanol–water partition coefficient (Wildman–Crippen LogP) is 0.613. The molecule has 0 unspecified atom stereocenters. The van der Waals surface area contributed by atoms with Gasteiger partial charge in [0.05, 0.1) is 7.11 Å². The minimum atomic E-state index is -0.451. The van der Waals surface area contributed by atoms with Gasteiger partial charge in [0, 0.05) is 5.92 Å². The first-order valence-electron chi connectivity index (χ1n) is 3.93. The lowest BCUT2D eigenvalue weighted by Gasteiger charge is -2.02. The third kappa shape index (κ3) is 1.75. The number of nitrogens with zero attached hydrogens (tertiary/aromatic N) is 1. The Kier molecular flexibility index (Phi) is 2.68. The van der Waals surface area contributed by atoms with E-state index < -0.39 is 6.04 Å². The Morgan fingerprint density at radius 3 is 2.83 bits per heavy atom. The highest BCUT2D eigenvalue weighted by molar-refractivity contribution is 5.86. The summed E-state index contributed by atoms with van der Waals surface area (Å²) in [6, 6.07) is -0.451. The van der Waals surface area contributed by atoms with Crippen LogP contribution in [0.3, 0.4) is 0 Å². The van der Waals surface area contributed by atoms with Gasteiger partial charge in [0.2, 0.25) is 0 Å². The number of hydrogen-bond acceptors (Lipinski definition) is 4. The van der Waals surface area contributed by atoms with E-state index in [1.54, 1.807) is 0 Å². The van der Waals surface area contributed by atoms with Crippen LogP contribution in [-0.4, -0.2) is 31.6 Å². The van der Waals surface area contributed by atoms with Crippen molar-refractivity contribution in [1.82, 2.24) is 0 Å². The third-order valence-corrected chi connectivity index (χ3v) is 1.64. The van der Waals surface area contributed by atoms with E-state index in [0.717, 1.165) is 0 Å². The first-order valence-corrected chi connectivity index (χ1v) is 3.93. The molecule has 1 atom stereocenters. The van der Waals surface area contributed by atoms with Gasteiger partial charge in [-0.15, -0.1) is 0 Å². The molecule has 1 rings (SSSR count). The standard InChI is InChI=1S/C8H13NO3/c1-5(2)7-9-6(4-12-7)8(10)11-3/h5-6H,4H2,1-3H3/t6-/m0/s1. The highest BCUT2D eigenvalue weighted by Gasteiger charge is 2.27. The maximum atomic E-state index is 11.0. The normalized spacial score (nSPS) is 22.0. The molecule has 0 spiro atoms. The van der Waals surface area contributed by atoms with E-state index in [4.69, 9.17) is 4.74 Å². The summed E-state index contributed by atoms with van der Waals surface area (Å²) in [7, 11) is 1.35. The van der Waals surface area contributed by atoms with E-state index in [9.17, 15) is 4.79 Å². The third-order valence-electron chi connectivity index (χ3n) is 1.64. The first-order chi connectivity index (χ1) is 5.65. The minimum Gasteiger partial charge on any atom is -0.478 e. The van der Waals surface area contributed by atoms with Gasteiger partial charge in [-0.2, -0.15) is 0 Å². The van der Waals surface area contributed by atoms with Crippen molar-refractivity contribution in [3.63, 3.8) is 0 Å². The number of aliphatic imine (C=N–C) groups is 1. The van der Waals surface area contributed by atoms with Gasteiger partial charge in [-0.05, 0) is 0 Å². The molecule has 0 fully saturated rings. The van der Waals surface area contributed by atoms with Crippen molar-refractivity contribution in [1.29, 1.82) is 0 Å². The minimum absolute atomic E-state index is 0.236. The molecule has 1 aliphatic rings. The van der Waals surface area contributed by atoms with Gasteiger partial charge >= 0.3 is 5.97 Å². The monoisotopic (exact) mass is 171 g/mol. The quantitative estimate of drug-likeness (QED) is 0.572. The van der Waals surface area contributed by atoms with Crippen LogP contribution in [-0.2, 0) is 14.3 Å². The van der Waals surface area contributed by atoms with Crippen molar-refractivity contribution < 1.29 is 14.3 Å². The summed E-state index contributed by atoms with van der Waals surface area (Å²) in [6.07, 6.45) is 0. The van der Waals surface area contributed by atoms with Gasteiger partial charge in [-0.1, -0.05) is 13.8 Å². The van der Waals surface area contributed by atoms with Crippen molar-refractivity contribution >= 4 is 11.9 Å². The Hall–Kier alpha value is -1.06. The second-order valence-corrected chi connectivity index (χ2v) is 2.97. The van der Waals surface area contributed by atoms with Gasteiger partial charge < -0.3 is 9.47 Å². The van der Waals surface area contributed by atoms with E-state index in [1.165, 1.54) is 7.11 Å². The van der Waals surface area contributed by atoms with Crippen LogP contribution in [0.4, 0.5) is 0 Å². The number of carbonyl (C=O) groups is 1. The summed E-state index contributed by atoms with van der Waals surface area (Å²) in [5, 5.41) is 0. The van der Waals surface area contributed by atoms with Gasteiger partial charge in [-0.25, -0.2) is 9.79 Å². The molecule has 0 saturated carbocycles. The van der Waals surface area contributed by atoms with Gasteiger partial charge in [0.25, 0.3) is 0 Å². The number of methoxy groups -OCH3 is 1. The highest BCUT2D eigenvalue weighted by Crippen LogP contribution is 2.11. The molecule has 0 N–H and O–H groups in total. The molecule has 0 saturated heterocycles. The molecule has 0 aliphatic carbocycles. The highest BCUT2D eigenvalue weighted by atomic mass is 16.5.